The Morgan fingerprint density at radius 3 is 2.85 bits per heavy atom. The molecule has 0 aromatic heterocycles. The summed E-state index contributed by atoms with van der Waals surface area (Å²) in [5, 5.41) is 15.9. The molecule has 0 radical (unpaired) electrons. The Bertz CT molecular complexity index is 485. The summed E-state index contributed by atoms with van der Waals surface area (Å²) in [6.07, 6.45) is 5.10. The molecule has 2 aliphatic rings. The van der Waals surface area contributed by atoms with Crippen molar-refractivity contribution >= 4 is 6.03 Å². The SMILES string of the molecule is O=C(NCCC1CCC1)N[C@@H]1c2ccccc2C[C@@H]1O. The maximum Gasteiger partial charge on any atom is 0.315 e. The van der Waals surface area contributed by atoms with E-state index in [0.717, 1.165) is 30.0 Å². The smallest absolute Gasteiger partial charge is 0.315 e. The van der Waals surface area contributed by atoms with Gasteiger partial charge in [0.15, 0.2) is 0 Å². The average Bonchev–Trinajstić information content (AvgIpc) is 2.69. The molecule has 2 aliphatic carbocycles. The number of carbonyl (C=O) groups is 1. The highest BCUT2D eigenvalue weighted by Gasteiger charge is 2.31. The normalized spacial score (nSPS) is 24.9. The highest BCUT2D eigenvalue weighted by atomic mass is 16.3. The molecule has 1 aromatic carbocycles. The van der Waals surface area contributed by atoms with Gasteiger partial charge in [-0.2, -0.15) is 0 Å². The quantitative estimate of drug-likeness (QED) is 0.787. The summed E-state index contributed by atoms with van der Waals surface area (Å²) < 4.78 is 0. The fourth-order valence-corrected chi connectivity index (χ4v) is 3.11. The zero-order valence-electron chi connectivity index (χ0n) is 11.6. The summed E-state index contributed by atoms with van der Waals surface area (Å²) in [6.45, 7) is 0.723. The van der Waals surface area contributed by atoms with Crippen LogP contribution in [0, 0.1) is 5.92 Å². The van der Waals surface area contributed by atoms with Crippen LogP contribution in [0.5, 0.6) is 0 Å². The van der Waals surface area contributed by atoms with Gasteiger partial charge < -0.3 is 15.7 Å². The first-order valence-electron chi connectivity index (χ1n) is 7.54. The molecular formula is C16H22N2O2. The van der Waals surface area contributed by atoms with Crippen LogP contribution in [0.3, 0.4) is 0 Å². The molecule has 3 N–H and O–H groups in total. The number of hydrogen-bond acceptors (Lipinski definition) is 2. The second kappa shape index (κ2) is 5.83. The zero-order valence-corrected chi connectivity index (χ0v) is 11.6. The van der Waals surface area contributed by atoms with Crippen LogP contribution >= 0.6 is 0 Å². The van der Waals surface area contributed by atoms with Crippen molar-refractivity contribution in [1.29, 1.82) is 0 Å². The van der Waals surface area contributed by atoms with Crippen LogP contribution < -0.4 is 10.6 Å². The fraction of sp³-hybridized carbons (Fsp3) is 0.562. The van der Waals surface area contributed by atoms with E-state index >= 15 is 0 Å². The maximum atomic E-state index is 11.9. The number of aliphatic hydroxyl groups is 1. The van der Waals surface area contributed by atoms with E-state index in [1.54, 1.807) is 0 Å². The van der Waals surface area contributed by atoms with Crippen molar-refractivity contribution in [2.75, 3.05) is 6.54 Å². The molecule has 2 atom stereocenters. The van der Waals surface area contributed by atoms with Gasteiger partial charge in [-0.05, 0) is 23.5 Å². The Balaban J connectivity index is 1.50. The molecule has 20 heavy (non-hydrogen) atoms. The maximum absolute atomic E-state index is 11.9. The lowest BCUT2D eigenvalue weighted by molar-refractivity contribution is 0.142. The van der Waals surface area contributed by atoms with Gasteiger partial charge in [0.05, 0.1) is 12.1 Å². The van der Waals surface area contributed by atoms with Crippen molar-refractivity contribution in [3.05, 3.63) is 35.4 Å². The largest absolute Gasteiger partial charge is 0.390 e. The summed E-state index contributed by atoms with van der Waals surface area (Å²) in [5.74, 6) is 0.799. The van der Waals surface area contributed by atoms with E-state index in [1.165, 1.54) is 19.3 Å². The van der Waals surface area contributed by atoms with E-state index in [4.69, 9.17) is 0 Å². The number of nitrogens with one attached hydrogen (secondary N) is 2. The summed E-state index contributed by atoms with van der Waals surface area (Å²) in [6, 6.07) is 7.44. The van der Waals surface area contributed by atoms with E-state index in [-0.39, 0.29) is 12.1 Å². The average molecular weight is 274 g/mol. The summed E-state index contributed by atoms with van der Waals surface area (Å²) in [4.78, 5) is 11.9. The summed E-state index contributed by atoms with van der Waals surface area (Å²) in [7, 11) is 0. The van der Waals surface area contributed by atoms with Crippen LogP contribution in [0.4, 0.5) is 4.79 Å². The van der Waals surface area contributed by atoms with Gasteiger partial charge in [-0.15, -0.1) is 0 Å². The minimum atomic E-state index is -0.523. The third kappa shape index (κ3) is 2.80. The van der Waals surface area contributed by atoms with Gasteiger partial charge in [-0.3, -0.25) is 0 Å². The Morgan fingerprint density at radius 2 is 2.10 bits per heavy atom. The van der Waals surface area contributed by atoms with Crippen LogP contribution in [0.15, 0.2) is 24.3 Å². The van der Waals surface area contributed by atoms with Crippen molar-refractivity contribution < 1.29 is 9.90 Å². The standard InChI is InChI=1S/C16H22N2O2/c19-14-10-12-6-1-2-7-13(12)15(14)18-16(20)17-9-8-11-4-3-5-11/h1-2,6-7,11,14-15,19H,3-5,8-10H2,(H2,17,18,20)/t14-,15+/m0/s1. The third-order valence-electron chi connectivity index (χ3n) is 4.55. The minimum Gasteiger partial charge on any atom is -0.390 e. The van der Waals surface area contributed by atoms with E-state index in [9.17, 15) is 9.90 Å². The van der Waals surface area contributed by atoms with Gasteiger partial charge >= 0.3 is 6.03 Å². The third-order valence-corrected chi connectivity index (χ3v) is 4.55. The Morgan fingerprint density at radius 1 is 1.30 bits per heavy atom. The van der Waals surface area contributed by atoms with Gasteiger partial charge in [-0.1, -0.05) is 43.5 Å². The lowest BCUT2D eigenvalue weighted by Gasteiger charge is -2.25. The number of amides is 2. The van der Waals surface area contributed by atoms with Crippen molar-refractivity contribution in [2.45, 2.75) is 44.2 Å². The van der Waals surface area contributed by atoms with Crippen molar-refractivity contribution in [3.8, 4) is 0 Å². The molecule has 4 nitrogen and oxygen atoms in total. The first-order valence-corrected chi connectivity index (χ1v) is 7.54. The molecule has 108 valence electrons. The summed E-state index contributed by atoms with van der Waals surface area (Å²) in [5.41, 5.74) is 2.16. The molecule has 0 heterocycles. The lowest BCUT2D eigenvalue weighted by Crippen LogP contribution is -2.41. The molecule has 1 aromatic rings. The number of hydrogen-bond donors (Lipinski definition) is 3. The molecule has 1 saturated carbocycles. The van der Waals surface area contributed by atoms with Gasteiger partial charge in [0, 0.05) is 13.0 Å². The van der Waals surface area contributed by atoms with Crippen LogP contribution in [-0.4, -0.2) is 23.8 Å². The van der Waals surface area contributed by atoms with Gasteiger partial charge in [0.25, 0.3) is 0 Å². The van der Waals surface area contributed by atoms with Crippen LogP contribution in [0.25, 0.3) is 0 Å². The topological polar surface area (TPSA) is 61.4 Å². The second-order valence-corrected chi connectivity index (χ2v) is 5.93. The van der Waals surface area contributed by atoms with E-state index < -0.39 is 6.10 Å². The first-order chi connectivity index (χ1) is 9.74. The van der Waals surface area contributed by atoms with E-state index in [2.05, 4.69) is 10.6 Å². The Kier molecular flexibility index (Phi) is 3.92. The molecule has 2 amide bonds. The van der Waals surface area contributed by atoms with Gasteiger partial charge in [0.1, 0.15) is 0 Å². The van der Waals surface area contributed by atoms with Crippen LogP contribution in [0.2, 0.25) is 0 Å². The van der Waals surface area contributed by atoms with Gasteiger partial charge in [0.2, 0.25) is 0 Å². The second-order valence-electron chi connectivity index (χ2n) is 5.93. The lowest BCUT2D eigenvalue weighted by atomic mass is 9.83. The molecular weight excluding hydrogens is 252 g/mol. The summed E-state index contributed by atoms with van der Waals surface area (Å²) >= 11 is 0. The number of aliphatic hydroxyl groups excluding tert-OH is 1. The zero-order chi connectivity index (χ0) is 13.9. The molecule has 0 saturated heterocycles. The molecule has 0 spiro atoms. The van der Waals surface area contributed by atoms with E-state index in [1.807, 2.05) is 24.3 Å². The van der Waals surface area contributed by atoms with Crippen molar-refractivity contribution in [2.24, 2.45) is 5.92 Å². The number of rotatable bonds is 4. The molecule has 1 fully saturated rings. The Labute approximate surface area is 119 Å². The van der Waals surface area contributed by atoms with Crippen LogP contribution in [-0.2, 0) is 6.42 Å². The van der Waals surface area contributed by atoms with E-state index in [0.29, 0.717) is 6.42 Å². The predicted octanol–water partition coefficient (Wildman–Crippen LogP) is 2.13. The number of urea groups is 1. The minimum absolute atomic E-state index is 0.176. The highest BCUT2D eigenvalue weighted by molar-refractivity contribution is 5.74. The molecule has 0 unspecified atom stereocenters. The fourth-order valence-electron chi connectivity index (χ4n) is 3.11. The van der Waals surface area contributed by atoms with Gasteiger partial charge in [-0.25, -0.2) is 4.79 Å². The molecule has 3 rings (SSSR count). The molecule has 0 aliphatic heterocycles. The predicted molar refractivity (Wildman–Crippen MR) is 77.4 cm³/mol. The number of carbonyl (C=O) groups excluding carboxylic acids is 1. The number of benzene rings is 1. The Hall–Kier alpha value is -1.55. The highest BCUT2D eigenvalue weighted by Crippen LogP contribution is 2.31. The number of fused-ring (bicyclic) bond motifs is 1. The van der Waals surface area contributed by atoms with Crippen LogP contribution in [0.1, 0.15) is 42.9 Å². The van der Waals surface area contributed by atoms with Crippen molar-refractivity contribution in [3.63, 3.8) is 0 Å². The van der Waals surface area contributed by atoms with Crippen molar-refractivity contribution in [1.82, 2.24) is 10.6 Å². The molecule has 4 heteroatoms. The molecule has 0 bridgehead atoms. The monoisotopic (exact) mass is 274 g/mol. The first kappa shape index (κ1) is 13.4.